The third-order valence-corrected chi connectivity index (χ3v) is 8.24. The van der Waals surface area contributed by atoms with E-state index in [-0.39, 0.29) is 17.9 Å². The monoisotopic (exact) mass is 634 g/mol. The van der Waals surface area contributed by atoms with Crippen molar-refractivity contribution in [3.63, 3.8) is 0 Å². The largest absolute Gasteiger partial charge is 0.491 e. The molecular weight excluding hydrogens is 592 g/mol. The van der Waals surface area contributed by atoms with Gasteiger partial charge in [-0.2, -0.15) is 0 Å². The lowest BCUT2D eigenvalue weighted by atomic mass is 9.98. The van der Waals surface area contributed by atoms with Gasteiger partial charge >= 0.3 is 6.09 Å². The number of benzene rings is 4. The smallest absolute Gasteiger partial charge is 0.407 e. The van der Waals surface area contributed by atoms with Gasteiger partial charge in [-0.3, -0.25) is 9.59 Å². The maximum atomic E-state index is 13.4. The molecule has 0 aliphatic carbocycles. The Morgan fingerprint density at radius 2 is 1.55 bits per heavy atom. The molecule has 47 heavy (non-hydrogen) atoms. The van der Waals surface area contributed by atoms with Crippen molar-refractivity contribution in [2.75, 3.05) is 50.6 Å². The Morgan fingerprint density at radius 1 is 0.872 bits per heavy atom. The van der Waals surface area contributed by atoms with Crippen LogP contribution in [0.15, 0.2) is 97.1 Å². The fraction of sp³-hybridized carbons (Fsp3) is 0.289. The molecule has 4 aromatic carbocycles. The van der Waals surface area contributed by atoms with Crippen LogP contribution in [0.3, 0.4) is 0 Å². The van der Waals surface area contributed by atoms with Crippen molar-refractivity contribution in [3.05, 3.63) is 114 Å². The van der Waals surface area contributed by atoms with Crippen LogP contribution in [0.4, 0.5) is 16.2 Å². The molecule has 244 valence electrons. The van der Waals surface area contributed by atoms with Crippen LogP contribution in [-0.2, 0) is 4.74 Å². The van der Waals surface area contributed by atoms with Gasteiger partial charge in [0, 0.05) is 43.5 Å². The molecule has 0 spiro atoms. The number of ether oxygens (including phenoxy) is 2. The zero-order valence-corrected chi connectivity index (χ0v) is 27.2. The van der Waals surface area contributed by atoms with Gasteiger partial charge in [0.05, 0.1) is 12.3 Å². The first-order valence-corrected chi connectivity index (χ1v) is 16.0. The van der Waals surface area contributed by atoms with Crippen molar-refractivity contribution in [2.24, 2.45) is 0 Å². The molecule has 1 fully saturated rings. The molecule has 9 nitrogen and oxygen atoms in total. The van der Waals surface area contributed by atoms with Crippen LogP contribution >= 0.6 is 0 Å². The lowest BCUT2D eigenvalue weighted by Crippen LogP contribution is -2.38. The molecule has 9 heteroatoms. The number of amides is 3. The van der Waals surface area contributed by atoms with Crippen molar-refractivity contribution in [1.29, 1.82) is 0 Å². The summed E-state index contributed by atoms with van der Waals surface area (Å²) >= 11 is 0. The van der Waals surface area contributed by atoms with Crippen molar-refractivity contribution in [3.8, 4) is 16.9 Å². The number of aryl methyl sites for hydroxylation is 1. The van der Waals surface area contributed by atoms with Crippen LogP contribution < -0.4 is 20.3 Å². The third kappa shape index (κ3) is 8.98. The summed E-state index contributed by atoms with van der Waals surface area (Å²) in [5.74, 6) is 0.114. The number of alkyl carbamates (subject to hydrolysis) is 1. The van der Waals surface area contributed by atoms with E-state index in [2.05, 4.69) is 22.6 Å². The van der Waals surface area contributed by atoms with Gasteiger partial charge in [0.2, 0.25) is 0 Å². The van der Waals surface area contributed by atoms with Crippen molar-refractivity contribution in [2.45, 2.75) is 32.3 Å². The minimum Gasteiger partial charge on any atom is -0.491 e. The van der Waals surface area contributed by atoms with Crippen molar-refractivity contribution >= 4 is 29.3 Å². The van der Waals surface area contributed by atoms with Crippen molar-refractivity contribution in [1.82, 2.24) is 10.2 Å². The Hall–Kier alpha value is -5.15. The first-order chi connectivity index (χ1) is 22.8. The number of carbonyl (C=O) groups excluding carboxylic acids is 3. The molecule has 0 atom stereocenters. The van der Waals surface area contributed by atoms with Crippen LogP contribution in [0.1, 0.15) is 45.5 Å². The number of para-hydroxylation sites is 2. The molecule has 5 rings (SSSR count). The maximum absolute atomic E-state index is 13.4. The topological polar surface area (TPSA) is 100 Å². The van der Waals surface area contributed by atoms with Crippen LogP contribution in [0.25, 0.3) is 11.1 Å². The quantitative estimate of drug-likeness (QED) is 0.177. The summed E-state index contributed by atoms with van der Waals surface area (Å²) in [6.45, 7) is 4.66. The van der Waals surface area contributed by atoms with Gasteiger partial charge in [-0.1, -0.05) is 60.2 Å². The van der Waals surface area contributed by atoms with Gasteiger partial charge in [0.1, 0.15) is 11.9 Å². The second-order valence-corrected chi connectivity index (χ2v) is 11.8. The SMILES string of the molecule is Cc1ccc(-c2ccccc2C(=O)Nc2ccc(C(=O)N(C)c3ccccc3OCCCNC(=O)OC3CCN(C)CC3)cc2)cc1. The standard InChI is InChI=1S/C38H42N4O5/c1-27-13-15-28(16-14-27)32-9-4-5-10-33(32)36(43)40-30-19-17-29(18-20-30)37(44)42(3)34-11-6-7-12-35(34)46-26-8-23-39-38(45)47-31-21-24-41(2)25-22-31/h4-7,9-20,31H,8,21-26H2,1-3H3,(H,39,45)(H,40,43). The van der Waals surface area contributed by atoms with Crippen LogP contribution in [0.2, 0.25) is 0 Å². The Morgan fingerprint density at radius 3 is 2.30 bits per heavy atom. The molecule has 1 aliphatic heterocycles. The maximum Gasteiger partial charge on any atom is 0.407 e. The number of likely N-dealkylation sites (tertiary alicyclic amines) is 1. The van der Waals surface area contributed by atoms with Gasteiger partial charge in [0.15, 0.2) is 0 Å². The molecule has 1 saturated heterocycles. The zero-order valence-electron chi connectivity index (χ0n) is 27.2. The van der Waals surface area contributed by atoms with E-state index in [1.807, 2.05) is 73.7 Å². The van der Waals surface area contributed by atoms with Crippen LogP contribution in [0, 0.1) is 6.92 Å². The fourth-order valence-electron chi connectivity index (χ4n) is 5.46. The molecule has 0 unspecified atom stereocenters. The highest BCUT2D eigenvalue weighted by atomic mass is 16.6. The Bertz CT molecular complexity index is 1660. The van der Waals surface area contributed by atoms with E-state index in [1.165, 1.54) is 4.90 Å². The van der Waals surface area contributed by atoms with Crippen LogP contribution in [-0.4, -0.2) is 69.2 Å². The van der Waals surface area contributed by atoms with Crippen LogP contribution in [0.5, 0.6) is 5.75 Å². The second-order valence-electron chi connectivity index (χ2n) is 11.8. The van der Waals surface area contributed by atoms with E-state index in [0.717, 1.165) is 42.6 Å². The zero-order chi connectivity index (χ0) is 33.2. The summed E-state index contributed by atoms with van der Waals surface area (Å²) in [5.41, 5.74) is 5.20. The summed E-state index contributed by atoms with van der Waals surface area (Å²) in [6, 6.07) is 29.7. The Labute approximate surface area is 276 Å². The van der Waals surface area contributed by atoms with Gasteiger partial charge in [-0.05, 0) is 86.8 Å². The number of carbonyl (C=O) groups is 3. The lowest BCUT2D eigenvalue weighted by molar-refractivity contribution is 0.0570. The number of nitrogens with zero attached hydrogens (tertiary/aromatic N) is 2. The predicted octanol–water partition coefficient (Wildman–Crippen LogP) is 6.78. The van der Waals surface area contributed by atoms with E-state index in [1.54, 1.807) is 37.4 Å². The number of hydrogen-bond acceptors (Lipinski definition) is 6. The minimum atomic E-state index is -0.400. The molecule has 1 heterocycles. The predicted molar refractivity (Wildman–Crippen MR) is 185 cm³/mol. The second kappa shape index (κ2) is 15.9. The van der Waals surface area contributed by atoms with E-state index >= 15 is 0 Å². The average molecular weight is 635 g/mol. The first kappa shape index (κ1) is 33.2. The normalized spacial score (nSPS) is 13.4. The van der Waals surface area contributed by atoms with E-state index in [0.29, 0.717) is 47.8 Å². The molecule has 0 radical (unpaired) electrons. The average Bonchev–Trinajstić information content (AvgIpc) is 3.09. The highest BCUT2D eigenvalue weighted by Crippen LogP contribution is 2.29. The van der Waals surface area contributed by atoms with Gasteiger partial charge in [0.25, 0.3) is 11.8 Å². The number of anilines is 2. The highest BCUT2D eigenvalue weighted by Gasteiger charge is 2.21. The Kier molecular flexibility index (Phi) is 11.2. The highest BCUT2D eigenvalue weighted by molar-refractivity contribution is 6.09. The Balaban J connectivity index is 1.13. The number of rotatable bonds is 11. The number of nitrogens with one attached hydrogen (secondary N) is 2. The summed E-state index contributed by atoms with van der Waals surface area (Å²) in [7, 11) is 3.76. The molecule has 3 amide bonds. The number of piperidine rings is 1. The number of hydrogen-bond donors (Lipinski definition) is 2. The lowest BCUT2D eigenvalue weighted by Gasteiger charge is -2.28. The van der Waals surface area contributed by atoms with E-state index in [4.69, 9.17) is 9.47 Å². The molecule has 0 bridgehead atoms. The molecule has 0 saturated carbocycles. The summed E-state index contributed by atoms with van der Waals surface area (Å²) in [5, 5.41) is 5.76. The first-order valence-electron chi connectivity index (χ1n) is 16.0. The van der Waals surface area contributed by atoms with Crippen molar-refractivity contribution < 1.29 is 23.9 Å². The minimum absolute atomic E-state index is 0.0377. The van der Waals surface area contributed by atoms with Gasteiger partial charge in [-0.25, -0.2) is 4.79 Å². The van der Waals surface area contributed by atoms with E-state index in [9.17, 15) is 14.4 Å². The van der Waals surface area contributed by atoms with Gasteiger partial charge < -0.3 is 29.9 Å². The van der Waals surface area contributed by atoms with E-state index < -0.39 is 6.09 Å². The molecular formula is C38H42N4O5. The third-order valence-electron chi connectivity index (χ3n) is 8.24. The molecule has 1 aliphatic rings. The molecule has 0 aromatic heterocycles. The molecule has 4 aromatic rings. The summed E-state index contributed by atoms with van der Waals surface area (Å²) in [4.78, 5) is 42.6. The molecule has 2 N–H and O–H groups in total. The summed E-state index contributed by atoms with van der Waals surface area (Å²) < 4.78 is 11.5. The fourth-order valence-corrected chi connectivity index (χ4v) is 5.46. The van der Waals surface area contributed by atoms with Gasteiger partial charge in [-0.15, -0.1) is 0 Å². The summed E-state index contributed by atoms with van der Waals surface area (Å²) in [6.07, 6.45) is 1.84.